The van der Waals surface area contributed by atoms with Crippen molar-refractivity contribution in [3.8, 4) is 0 Å². The molecule has 0 saturated carbocycles. The van der Waals surface area contributed by atoms with Crippen LogP contribution in [0.25, 0.3) is 0 Å². The quantitative estimate of drug-likeness (QED) is 0.720. The number of alkyl halides is 3. The van der Waals surface area contributed by atoms with Gasteiger partial charge in [-0.2, -0.15) is 13.2 Å². The lowest BCUT2D eigenvalue weighted by Crippen LogP contribution is -2.21. The molecule has 0 aromatic heterocycles. The first-order chi connectivity index (χ1) is 6.03. The Morgan fingerprint density at radius 3 is 2.38 bits per heavy atom. The number of carbonyl (C=O) groups excluding carboxylic acids is 1. The van der Waals surface area contributed by atoms with Gasteiger partial charge in [0.25, 0.3) is 0 Å². The molecule has 0 aliphatic heterocycles. The molecule has 0 aliphatic rings. The maximum atomic E-state index is 11.8. The summed E-state index contributed by atoms with van der Waals surface area (Å²) in [7, 11) is 0. The minimum Gasteiger partial charge on any atom is -0.297 e. The molecule has 0 fully saturated rings. The van der Waals surface area contributed by atoms with Crippen molar-refractivity contribution in [2.45, 2.75) is 6.30 Å². The highest BCUT2D eigenvalue weighted by Crippen LogP contribution is 2.21. The van der Waals surface area contributed by atoms with Crippen LogP contribution >= 0.6 is 0 Å². The minimum absolute atomic E-state index is 0.139. The van der Waals surface area contributed by atoms with Gasteiger partial charge in [0.1, 0.15) is 0 Å². The smallest absolute Gasteiger partial charge is 0.297 e. The maximum absolute atomic E-state index is 11.8. The molecule has 1 aromatic carbocycles. The minimum atomic E-state index is -4.53. The number of hydrogen-bond donors (Lipinski definition) is 1. The van der Waals surface area contributed by atoms with Gasteiger partial charge in [0, 0.05) is 5.56 Å². The molecular weight excluding hydrogens is 183 g/mol. The molecule has 1 rings (SSSR count). The summed E-state index contributed by atoms with van der Waals surface area (Å²) in [5, 5.41) is 1.24. The van der Waals surface area contributed by atoms with Crippen molar-refractivity contribution in [1.82, 2.24) is 0 Å². The number of benzene rings is 1. The van der Waals surface area contributed by atoms with Gasteiger partial charge in [-0.15, -0.1) is 0 Å². The van der Waals surface area contributed by atoms with E-state index in [0.29, 0.717) is 0 Å². The first-order valence-electron chi connectivity index (χ1n) is 3.35. The molecule has 0 amide bonds. The van der Waals surface area contributed by atoms with Crippen LogP contribution in [0.1, 0.15) is 5.56 Å². The molecule has 0 atom stereocenters. The summed E-state index contributed by atoms with van der Waals surface area (Å²) in [4.78, 5) is 10.2. The standard InChI is InChI=1S/C8H5F3NO/c9-8(10,11)12-7-4-2-1-3-6(7)5-13/h1-4,12H. The van der Waals surface area contributed by atoms with E-state index in [2.05, 4.69) is 0 Å². The highest BCUT2D eigenvalue weighted by Gasteiger charge is 2.27. The average Bonchev–Trinajstić information content (AvgIpc) is 2.02. The van der Waals surface area contributed by atoms with Gasteiger partial charge in [0.2, 0.25) is 6.29 Å². The zero-order chi connectivity index (χ0) is 9.90. The molecule has 0 aliphatic carbocycles. The molecule has 0 bridgehead atoms. The summed E-state index contributed by atoms with van der Waals surface area (Å²) in [5.41, 5.74) is -0.426. The van der Waals surface area contributed by atoms with Gasteiger partial charge in [-0.05, 0) is 12.1 Å². The number of hydrogen-bond acceptors (Lipinski definition) is 2. The Hall–Kier alpha value is -1.52. The Bertz CT molecular complexity index is 309. The molecule has 5 heteroatoms. The number of halogens is 3. The van der Waals surface area contributed by atoms with E-state index in [0.717, 1.165) is 6.07 Å². The molecule has 1 aromatic rings. The Balaban J connectivity index is 2.94. The van der Waals surface area contributed by atoms with Crippen molar-refractivity contribution >= 4 is 12.0 Å². The summed E-state index contributed by atoms with van der Waals surface area (Å²) >= 11 is 0. The van der Waals surface area contributed by atoms with E-state index >= 15 is 0 Å². The van der Waals surface area contributed by atoms with Crippen LogP contribution in [-0.4, -0.2) is 12.6 Å². The van der Waals surface area contributed by atoms with E-state index in [4.69, 9.17) is 0 Å². The van der Waals surface area contributed by atoms with E-state index in [1.807, 2.05) is 0 Å². The predicted octanol–water partition coefficient (Wildman–Crippen LogP) is 2.08. The highest BCUT2D eigenvalue weighted by molar-refractivity contribution is 5.84. The van der Waals surface area contributed by atoms with Crippen molar-refractivity contribution in [3.05, 3.63) is 29.8 Å². The molecule has 0 unspecified atom stereocenters. The van der Waals surface area contributed by atoms with E-state index in [9.17, 15) is 18.0 Å². The predicted molar refractivity (Wildman–Crippen MR) is 40.9 cm³/mol. The molecule has 2 nitrogen and oxygen atoms in total. The molecule has 13 heavy (non-hydrogen) atoms. The van der Waals surface area contributed by atoms with Crippen molar-refractivity contribution in [1.29, 1.82) is 0 Å². The zero-order valence-corrected chi connectivity index (χ0v) is 6.35. The van der Waals surface area contributed by atoms with Crippen molar-refractivity contribution in [2.75, 3.05) is 5.32 Å². The van der Waals surface area contributed by atoms with Crippen LogP contribution < -0.4 is 5.32 Å². The Labute approximate surface area is 72.4 Å². The zero-order valence-electron chi connectivity index (χ0n) is 6.35. The van der Waals surface area contributed by atoms with Gasteiger partial charge in [-0.1, -0.05) is 12.1 Å². The molecule has 69 valence electrons. The molecular formula is C8H5F3NO. The van der Waals surface area contributed by atoms with Gasteiger partial charge in [0.05, 0.1) is 5.69 Å². The van der Waals surface area contributed by atoms with Crippen LogP contribution in [0.2, 0.25) is 0 Å². The van der Waals surface area contributed by atoms with Gasteiger partial charge in [0.15, 0.2) is 0 Å². The lowest BCUT2D eigenvalue weighted by molar-refractivity contribution is -0.0999. The summed E-state index contributed by atoms with van der Waals surface area (Å²) in [6, 6.07) is 5.27. The first-order valence-corrected chi connectivity index (χ1v) is 3.35. The van der Waals surface area contributed by atoms with E-state index in [-0.39, 0.29) is 11.3 Å². The second-order valence-corrected chi connectivity index (χ2v) is 2.27. The molecule has 0 saturated heterocycles. The molecule has 0 spiro atoms. The van der Waals surface area contributed by atoms with E-state index in [1.165, 1.54) is 29.8 Å². The van der Waals surface area contributed by atoms with Gasteiger partial charge < -0.3 is 0 Å². The average molecular weight is 188 g/mol. The third kappa shape index (κ3) is 2.77. The van der Waals surface area contributed by atoms with Gasteiger partial charge in [-0.3, -0.25) is 10.1 Å². The SMILES string of the molecule is O=[C]c1ccccc1NC(F)(F)F. The lowest BCUT2D eigenvalue weighted by Gasteiger charge is -2.10. The number of para-hydroxylation sites is 1. The lowest BCUT2D eigenvalue weighted by atomic mass is 10.2. The van der Waals surface area contributed by atoms with Crippen molar-refractivity contribution < 1.29 is 18.0 Å². The van der Waals surface area contributed by atoms with Gasteiger partial charge >= 0.3 is 6.30 Å². The second-order valence-electron chi connectivity index (χ2n) is 2.27. The molecule has 1 N–H and O–H groups in total. The molecule has 0 heterocycles. The van der Waals surface area contributed by atoms with Crippen molar-refractivity contribution in [3.63, 3.8) is 0 Å². The molecule has 1 radical (unpaired) electrons. The number of nitrogens with one attached hydrogen (secondary N) is 1. The Morgan fingerprint density at radius 1 is 1.23 bits per heavy atom. The summed E-state index contributed by atoms with van der Waals surface area (Å²) in [5.74, 6) is 0. The van der Waals surface area contributed by atoms with Crippen LogP contribution in [-0.2, 0) is 4.79 Å². The van der Waals surface area contributed by atoms with Gasteiger partial charge in [-0.25, -0.2) is 0 Å². The fourth-order valence-electron chi connectivity index (χ4n) is 0.834. The largest absolute Gasteiger partial charge is 0.482 e. The third-order valence-electron chi connectivity index (χ3n) is 1.31. The topological polar surface area (TPSA) is 29.1 Å². The Morgan fingerprint density at radius 2 is 1.85 bits per heavy atom. The van der Waals surface area contributed by atoms with Crippen LogP contribution in [0.4, 0.5) is 18.9 Å². The Kier molecular flexibility index (Phi) is 2.55. The van der Waals surface area contributed by atoms with Crippen LogP contribution in [0, 0.1) is 0 Å². The van der Waals surface area contributed by atoms with Crippen molar-refractivity contribution in [2.24, 2.45) is 0 Å². The van der Waals surface area contributed by atoms with Crippen LogP contribution in [0.15, 0.2) is 24.3 Å². The van der Waals surface area contributed by atoms with E-state index < -0.39 is 6.30 Å². The number of rotatable bonds is 2. The highest BCUT2D eigenvalue weighted by atomic mass is 19.4. The first kappa shape index (κ1) is 9.57. The maximum Gasteiger partial charge on any atom is 0.482 e. The summed E-state index contributed by atoms with van der Waals surface area (Å²) in [6.07, 6.45) is -3.13. The second kappa shape index (κ2) is 3.47. The monoisotopic (exact) mass is 188 g/mol. The van der Waals surface area contributed by atoms with E-state index in [1.54, 1.807) is 0 Å². The fourth-order valence-corrected chi connectivity index (χ4v) is 0.834. The third-order valence-corrected chi connectivity index (χ3v) is 1.31. The fraction of sp³-hybridized carbons (Fsp3) is 0.125. The van der Waals surface area contributed by atoms with Crippen LogP contribution in [0.5, 0.6) is 0 Å². The van der Waals surface area contributed by atoms with Crippen LogP contribution in [0.3, 0.4) is 0 Å². The summed E-state index contributed by atoms with van der Waals surface area (Å²) in [6.45, 7) is 0. The summed E-state index contributed by atoms with van der Waals surface area (Å²) < 4.78 is 35.5. The number of anilines is 1. The normalized spacial score (nSPS) is 11.0.